The largest absolute Gasteiger partial charge is 0.320 e. The number of nitrogens with zero attached hydrogens (tertiary/aromatic N) is 1. The molecule has 3 N–H and O–H groups in total. The Morgan fingerprint density at radius 1 is 1.42 bits per heavy atom. The van der Waals surface area contributed by atoms with Crippen LogP contribution in [-0.2, 0) is 0 Å². The maximum absolute atomic E-state index is 12.8. The van der Waals surface area contributed by atoms with Gasteiger partial charge in [-0.3, -0.25) is 10.1 Å². The van der Waals surface area contributed by atoms with Gasteiger partial charge in [-0.05, 0) is 6.07 Å². The Kier molecular flexibility index (Phi) is 2.01. The summed E-state index contributed by atoms with van der Waals surface area (Å²) < 4.78 is 25.3. The van der Waals surface area contributed by atoms with E-state index in [1.165, 1.54) is 0 Å². The third-order valence-corrected chi connectivity index (χ3v) is 1.36. The second-order valence-corrected chi connectivity index (χ2v) is 2.12. The Bertz CT molecular complexity index is 341. The van der Waals surface area contributed by atoms with Gasteiger partial charge in [0.1, 0.15) is 0 Å². The van der Waals surface area contributed by atoms with Crippen molar-refractivity contribution in [3.05, 3.63) is 33.9 Å². The Morgan fingerprint density at radius 3 is 2.50 bits per heavy atom. The van der Waals surface area contributed by atoms with Crippen molar-refractivity contribution in [3.63, 3.8) is 0 Å². The first-order valence-corrected chi connectivity index (χ1v) is 2.98. The molecule has 0 fully saturated rings. The van der Waals surface area contributed by atoms with Crippen LogP contribution in [0.2, 0.25) is 0 Å². The van der Waals surface area contributed by atoms with Crippen molar-refractivity contribution >= 4 is 11.4 Å². The van der Waals surface area contributed by atoms with E-state index in [-0.39, 0.29) is 0 Å². The monoisotopic (exact) mass is 175 g/mol. The number of hydrogen-bond donors (Lipinski definition) is 1. The molecule has 0 heterocycles. The number of rotatable bonds is 1. The van der Waals surface area contributed by atoms with Gasteiger partial charge in [0.25, 0.3) is 5.82 Å². The van der Waals surface area contributed by atoms with E-state index in [1.54, 1.807) is 0 Å². The minimum Gasteiger partial charge on any atom is -0.320 e. The van der Waals surface area contributed by atoms with Crippen molar-refractivity contribution in [1.29, 1.82) is 0 Å². The van der Waals surface area contributed by atoms with Crippen LogP contribution in [0.1, 0.15) is 0 Å². The molecule has 6 heteroatoms. The highest BCUT2D eigenvalue weighted by Gasteiger charge is 2.21. The molecule has 0 aromatic heterocycles. The van der Waals surface area contributed by atoms with Gasteiger partial charge in [0, 0.05) is 6.07 Å². The fourth-order valence-corrected chi connectivity index (χ4v) is 0.726. The maximum Gasteiger partial charge on any atom is 0.311 e. The van der Waals surface area contributed by atoms with Crippen LogP contribution in [-0.4, -0.2) is 4.92 Å². The average Bonchev–Trinajstić information content (AvgIpc) is 2.00. The van der Waals surface area contributed by atoms with E-state index in [2.05, 4.69) is 5.73 Å². The van der Waals surface area contributed by atoms with Crippen LogP contribution < -0.4 is 5.73 Å². The summed E-state index contributed by atoms with van der Waals surface area (Å²) in [5.74, 6) is -2.11. The van der Waals surface area contributed by atoms with Crippen molar-refractivity contribution in [2.45, 2.75) is 0 Å². The molecule has 0 saturated heterocycles. The van der Waals surface area contributed by atoms with Crippen molar-refractivity contribution in [2.75, 3.05) is 0 Å². The molecule has 0 aliphatic heterocycles. The average molecular weight is 175 g/mol. The summed E-state index contributed by atoms with van der Waals surface area (Å²) in [6, 6.07) is 1.57. The van der Waals surface area contributed by atoms with Gasteiger partial charge in [-0.1, -0.05) is 0 Å². The number of nitro benzene ring substituents is 1. The van der Waals surface area contributed by atoms with Crippen LogP contribution in [0.4, 0.5) is 20.2 Å². The van der Waals surface area contributed by atoms with Gasteiger partial charge >= 0.3 is 5.69 Å². The molecule has 0 radical (unpaired) electrons. The smallest absolute Gasteiger partial charge is 0.311 e. The van der Waals surface area contributed by atoms with E-state index in [9.17, 15) is 18.9 Å². The number of benzene rings is 1. The molecule has 0 amide bonds. The fourth-order valence-electron chi connectivity index (χ4n) is 0.726. The molecular formula is C6H5F2N2O2+. The lowest BCUT2D eigenvalue weighted by Crippen LogP contribution is -2.42. The Balaban J connectivity index is 3.36. The molecule has 0 unspecified atom stereocenters. The van der Waals surface area contributed by atoms with Crippen molar-refractivity contribution < 1.29 is 19.4 Å². The first kappa shape index (κ1) is 8.54. The third-order valence-electron chi connectivity index (χ3n) is 1.36. The van der Waals surface area contributed by atoms with Crippen molar-refractivity contribution in [2.24, 2.45) is 0 Å². The molecule has 4 nitrogen and oxygen atoms in total. The van der Waals surface area contributed by atoms with Crippen molar-refractivity contribution in [3.8, 4) is 0 Å². The molecule has 1 aromatic carbocycles. The number of halogens is 2. The first-order chi connectivity index (χ1) is 5.54. The molecule has 12 heavy (non-hydrogen) atoms. The second-order valence-electron chi connectivity index (χ2n) is 2.12. The topological polar surface area (TPSA) is 70.8 Å². The minimum atomic E-state index is -1.22. The summed E-state index contributed by atoms with van der Waals surface area (Å²) in [6.45, 7) is 0. The number of quaternary nitrogens is 1. The van der Waals surface area contributed by atoms with Gasteiger partial charge in [-0.2, -0.15) is 4.39 Å². The van der Waals surface area contributed by atoms with E-state index < -0.39 is 27.9 Å². The highest BCUT2D eigenvalue weighted by atomic mass is 19.1. The van der Waals surface area contributed by atoms with Crippen LogP contribution in [0.15, 0.2) is 12.1 Å². The number of hydrogen-bond acceptors (Lipinski definition) is 2. The fraction of sp³-hybridized carbons (Fsp3) is 0. The van der Waals surface area contributed by atoms with Crippen LogP contribution in [0.3, 0.4) is 0 Å². The van der Waals surface area contributed by atoms with Gasteiger partial charge in [0.2, 0.25) is 5.69 Å². The normalized spacial score (nSPS) is 9.92. The molecule has 0 bridgehead atoms. The van der Waals surface area contributed by atoms with Crippen LogP contribution in [0, 0.1) is 21.7 Å². The first-order valence-electron chi connectivity index (χ1n) is 2.98. The molecule has 1 aromatic rings. The summed E-state index contributed by atoms with van der Waals surface area (Å²) in [7, 11) is 0. The van der Waals surface area contributed by atoms with E-state index in [4.69, 9.17) is 0 Å². The maximum atomic E-state index is 12.8. The van der Waals surface area contributed by atoms with E-state index in [0.717, 1.165) is 12.1 Å². The van der Waals surface area contributed by atoms with Gasteiger partial charge in [0.15, 0.2) is 5.82 Å². The van der Waals surface area contributed by atoms with Gasteiger partial charge in [-0.25, -0.2) is 4.39 Å². The molecule has 0 atom stereocenters. The molecule has 0 saturated carbocycles. The lowest BCUT2D eigenvalue weighted by atomic mass is 10.2. The van der Waals surface area contributed by atoms with Crippen LogP contribution in [0.25, 0.3) is 0 Å². The zero-order chi connectivity index (χ0) is 9.30. The van der Waals surface area contributed by atoms with Gasteiger partial charge < -0.3 is 5.73 Å². The Hall–Kier alpha value is -1.56. The van der Waals surface area contributed by atoms with Gasteiger partial charge in [0.05, 0.1) is 4.92 Å². The molecule has 64 valence electrons. The quantitative estimate of drug-likeness (QED) is 0.505. The van der Waals surface area contributed by atoms with E-state index in [0.29, 0.717) is 0 Å². The lowest BCUT2D eigenvalue weighted by Gasteiger charge is -1.94. The van der Waals surface area contributed by atoms with Crippen LogP contribution in [0.5, 0.6) is 0 Å². The predicted octanol–water partition coefficient (Wildman–Crippen LogP) is 0.746. The summed E-state index contributed by atoms with van der Waals surface area (Å²) in [6.07, 6.45) is 0. The zero-order valence-electron chi connectivity index (χ0n) is 5.88. The molecule has 0 aliphatic rings. The van der Waals surface area contributed by atoms with Gasteiger partial charge in [-0.15, -0.1) is 0 Å². The number of nitro groups is 1. The van der Waals surface area contributed by atoms with E-state index >= 15 is 0 Å². The highest BCUT2D eigenvalue weighted by molar-refractivity contribution is 5.44. The second kappa shape index (κ2) is 2.82. The van der Waals surface area contributed by atoms with Crippen molar-refractivity contribution in [1.82, 2.24) is 0 Å². The minimum absolute atomic E-state index is 0.579. The standard InChI is InChI=1S/C6H4F2N2O2/c7-3-1-2-4(10(11)12)5(8)6(3)9/h1-2H,9H2/p+1. The summed E-state index contributed by atoms with van der Waals surface area (Å²) >= 11 is 0. The SMILES string of the molecule is [NH3+]c1c(F)ccc([N+](=O)[O-])c1F. The lowest BCUT2D eigenvalue weighted by molar-refractivity contribution is -0.388. The zero-order valence-corrected chi connectivity index (χ0v) is 5.88. The Morgan fingerprint density at radius 2 is 2.00 bits per heavy atom. The summed E-state index contributed by atoms with van der Waals surface area (Å²) in [5.41, 5.74) is 1.67. The predicted molar refractivity (Wildman–Crippen MR) is 35.6 cm³/mol. The van der Waals surface area contributed by atoms with E-state index in [1.807, 2.05) is 0 Å². The highest BCUT2D eigenvalue weighted by Crippen LogP contribution is 2.22. The van der Waals surface area contributed by atoms with Crippen LogP contribution >= 0.6 is 0 Å². The molecule has 0 spiro atoms. The summed E-state index contributed by atoms with van der Waals surface area (Å²) in [4.78, 5) is 9.17. The summed E-state index contributed by atoms with van der Waals surface area (Å²) in [5, 5.41) is 10.1. The third kappa shape index (κ3) is 1.24. The Labute approximate surface area is 65.8 Å². The molecule has 1 rings (SSSR count). The molecule has 0 aliphatic carbocycles. The molecular weight excluding hydrogens is 170 g/mol.